The Balaban J connectivity index is 2.56. The summed E-state index contributed by atoms with van der Waals surface area (Å²) >= 11 is 0. The summed E-state index contributed by atoms with van der Waals surface area (Å²) in [6.45, 7) is 7.13. The Labute approximate surface area is 81.8 Å². The maximum Gasteiger partial charge on any atom is 0.0701 e. The van der Waals surface area contributed by atoms with Gasteiger partial charge in [-0.05, 0) is 46.6 Å². The second-order valence-corrected chi connectivity index (χ2v) is 5.14. The Kier molecular flexibility index (Phi) is 3.36. The molecule has 1 rings (SSSR count). The fraction of sp³-hybridized carbons (Fsp3) is 1.00. The lowest BCUT2D eigenvalue weighted by Gasteiger charge is -2.36. The van der Waals surface area contributed by atoms with Crippen molar-refractivity contribution in [1.82, 2.24) is 0 Å². The Morgan fingerprint density at radius 2 is 1.77 bits per heavy atom. The summed E-state index contributed by atoms with van der Waals surface area (Å²) in [6.07, 6.45) is 6.01. The van der Waals surface area contributed by atoms with Crippen LogP contribution in [0.5, 0.6) is 0 Å². The van der Waals surface area contributed by atoms with Gasteiger partial charge in [0.05, 0.1) is 11.2 Å². The highest BCUT2D eigenvalue weighted by Gasteiger charge is 2.37. The average Bonchev–Trinajstić information content (AvgIpc) is 2.33. The number of ether oxygens (including phenoxy) is 1. The molecule has 1 aliphatic rings. The Morgan fingerprint density at radius 1 is 1.23 bits per heavy atom. The van der Waals surface area contributed by atoms with E-state index in [9.17, 15) is 0 Å². The molecule has 0 unspecified atom stereocenters. The van der Waals surface area contributed by atoms with Gasteiger partial charge >= 0.3 is 0 Å². The van der Waals surface area contributed by atoms with Gasteiger partial charge in [-0.15, -0.1) is 0 Å². The lowest BCUT2D eigenvalue weighted by Crippen LogP contribution is -2.39. The van der Waals surface area contributed by atoms with Crippen molar-refractivity contribution in [2.45, 2.75) is 64.1 Å². The molecule has 13 heavy (non-hydrogen) atoms. The van der Waals surface area contributed by atoms with E-state index in [0.29, 0.717) is 0 Å². The molecule has 2 heteroatoms. The van der Waals surface area contributed by atoms with Crippen molar-refractivity contribution in [1.29, 1.82) is 0 Å². The average molecular weight is 185 g/mol. The van der Waals surface area contributed by atoms with Gasteiger partial charge in [0.1, 0.15) is 0 Å². The monoisotopic (exact) mass is 185 g/mol. The van der Waals surface area contributed by atoms with Crippen molar-refractivity contribution in [2.75, 3.05) is 6.54 Å². The molecule has 0 amide bonds. The first kappa shape index (κ1) is 11.0. The molecule has 0 heterocycles. The van der Waals surface area contributed by atoms with Crippen LogP contribution >= 0.6 is 0 Å². The molecule has 0 saturated heterocycles. The smallest absolute Gasteiger partial charge is 0.0701 e. The Morgan fingerprint density at radius 3 is 2.15 bits per heavy atom. The zero-order valence-corrected chi connectivity index (χ0v) is 9.23. The highest BCUT2D eigenvalue weighted by molar-refractivity contribution is 4.88. The van der Waals surface area contributed by atoms with Crippen molar-refractivity contribution < 1.29 is 4.74 Å². The number of rotatable bonds is 3. The molecule has 0 radical (unpaired) electrons. The van der Waals surface area contributed by atoms with E-state index in [1.54, 1.807) is 0 Å². The standard InChI is InChI=1S/C11H23NO/c1-10(2,3)13-11(8-9-12)6-4-5-7-11/h4-9,12H2,1-3H3. The SMILES string of the molecule is CC(C)(C)OC1(CCN)CCCC1. The van der Waals surface area contributed by atoms with Gasteiger partial charge in [-0.1, -0.05) is 12.8 Å². The first-order valence-electron chi connectivity index (χ1n) is 5.38. The van der Waals surface area contributed by atoms with E-state index in [1.807, 2.05) is 0 Å². The fourth-order valence-corrected chi connectivity index (χ4v) is 2.33. The Bertz CT molecular complexity index is 154. The first-order chi connectivity index (χ1) is 5.97. The third-order valence-corrected chi connectivity index (χ3v) is 2.64. The third-order valence-electron chi connectivity index (χ3n) is 2.64. The van der Waals surface area contributed by atoms with Crippen LogP contribution in [0.4, 0.5) is 0 Å². The molecule has 0 bridgehead atoms. The molecule has 0 aromatic carbocycles. The highest BCUT2D eigenvalue weighted by Crippen LogP contribution is 2.38. The molecule has 78 valence electrons. The minimum Gasteiger partial charge on any atom is -0.369 e. The highest BCUT2D eigenvalue weighted by atomic mass is 16.5. The van der Waals surface area contributed by atoms with Gasteiger partial charge in [-0.25, -0.2) is 0 Å². The van der Waals surface area contributed by atoms with E-state index in [4.69, 9.17) is 10.5 Å². The van der Waals surface area contributed by atoms with E-state index in [1.165, 1.54) is 25.7 Å². The summed E-state index contributed by atoms with van der Waals surface area (Å²) < 4.78 is 6.15. The van der Waals surface area contributed by atoms with E-state index >= 15 is 0 Å². The van der Waals surface area contributed by atoms with Crippen LogP contribution in [-0.4, -0.2) is 17.7 Å². The normalized spacial score (nSPS) is 22.2. The van der Waals surface area contributed by atoms with Gasteiger partial charge < -0.3 is 10.5 Å². The number of nitrogens with two attached hydrogens (primary N) is 1. The van der Waals surface area contributed by atoms with Gasteiger partial charge in [-0.2, -0.15) is 0 Å². The molecule has 2 nitrogen and oxygen atoms in total. The number of hydrogen-bond donors (Lipinski definition) is 1. The molecule has 1 fully saturated rings. The predicted octanol–water partition coefficient (Wildman–Crippen LogP) is 2.46. The van der Waals surface area contributed by atoms with Gasteiger partial charge in [0.25, 0.3) is 0 Å². The van der Waals surface area contributed by atoms with Crippen LogP contribution in [-0.2, 0) is 4.74 Å². The summed E-state index contributed by atoms with van der Waals surface area (Å²) in [6, 6.07) is 0. The van der Waals surface area contributed by atoms with Crippen molar-refractivity contribution in [3.63, 3.8) is 0 Å². The first-order valence-corrected chi connectivity index (χ1v) is 5.38. The maximum absolute atomic E-state index is 6.15. The van der Waals surface area contributed by atoms with Crippen molar-refractivity contribution in [3.05, 3.63) is 0 Å². The molecule has 1 aliphatic carbocycles. The van der Waals surface area contributed by atoms with Crippen LogP contribution in [0.2, 0.25) is 0 Å². The van der Waals surface area contributed by atoms with Gasteiger partial charge in [-0.3, -0.25) is 0 Å². The van der Waals surface area contributed by atoms with Crippen LogP contribution in [0, 0.1) is 0 Å². The van der Waals surface area contributed by atoms with Crippen LogP contribution in [0.1, 0.15) is 52.9 Å². The summed E-state index contributed by atoms with van der Waals surface area (Å²) in [7, 11) is 0. The van der Waals surface area contributed by atoms with Crippen LogP contribution < -0.4 is 5.73 Å². The minimum atomic E-state index is -0.0283. The van der Waals surface area contributed by atoms with Crippen LogP contribution in [0.25, 0.3) is 0 Å². The summed E-state index contributed by atoms with van der Waals surface area (Å²) in [5.74, 6) is 0. The molecule has 1 saturated carbocycles. The fourth-order valence-electron chi connectivity index (χ4n) is 2.33. The summed E-state index contributed by atoms with van der Waals surface area (Å²) in [5, 5.41) is 0. The molecule has 0 atom stereocenters. The quantitative estimate of drug-likeness (QED) is 0.733. The van der Waals surface area contributed by atoms with Gasteiger partial charge in [0.15, 0.2) is 0 Å². The lowest BCUT2D eigenvalue weighted by molar-refractivity contribution is -0.131. The Hall–Kier alpha value is -0.0800. The molecule has 2 N–H and O–H groups in total. The molecular formula is C11H23NO. The van der Waals surface area contributed by atoms with Crippen molar-refractivity contribution in [3.8, 4) is 0 Å². The van der Waals surface area contributed by atoms with E-state index in [0.717, 1.165) is 13.0 Å². The van der Waals surface area contributed by atoms with E-state index < -0.39 is 0 Å². The molecular weight excluding hydrogens is 162 g/mol. The number of hydrogen-bond acceptors (Lipinski definition) is 2. The van der Waals surface area contributed by atoms with E-state index in [2.05, 4.69) is 20.8 Å². The zero-order valence-electron chi connectivity index (χ0n) is 9.23. The van der Waals surface area contributed by atoms with Gasteiger partial charge in [0, 0.05) is 0 Å². The molecule has 0 aromatic heterocycles. The van der Waals surface area contributed by atoms with E-state index in [-0.39, 0.29) is 11.2 Å². The molecule has 0 aromatic rings. The zero-order chi connectivity index (χ0) is 9.95. The minimum absolute atomic E-state index is 0.0283. The van der Waals surface area contributed by atoms with Crippen molar-refractivity contribution >= 4 is 0 Å². The van der Waals surface area contributed by atoms with Crippen LogP contribution in [0.3, 0.4) is 0 Å². The summed E-state index contributed by atoms with van der Waals surface area (Å²) in [5.41, 5.74) is 5.71. The van der Waals surface area contributed by atoms with Crippen molar-refractivity contribution in [2.24, 2.45) is 5.73 Å². The van der Waals surface area contributed by atoms with Crippen LogP contribution in [0.15, 0.2) is 0 Å². The van der Waals surface area contributed by atoms with Gasteiger partial charge in [0.2, 0.25) is 0 Å². The topological polar surface area (TPSA) is 35.2 Å². The second kappa shape index (κ2) is 3.97. The predicted molar refractivity (Wildman–Crippen MR) is 55.7 cm³/mol. The second-order valence-electron chi connectivity index (χ2n) is 5.14. The molecule has 0 aliphatic heterocycles. The molecule has 0 spiro atoms. The maximum atomic E-state index is 6.15. The lowest BCUT2D eigenvalue weighted by atomic mass is 9.96. The largest absolute Gasteiger partial charge is 0.369 e. The third kappa shape index (κ3) is 3.28. The summed E-state index contributed by atoms with van der Waals surface area (Å²) in [4.78, 5) is 0.